The van der Waals surface area contributed by atoms with Gasteiger partial charge in [0.15, 0.2) is 11.8 Å². The van der Waals surface area contributed by atoms with Gasteiger partial charge in [-0.2, -0.15) is 4.98 Å². The van der Waals surface area contributed by atoms with Crippen LogP contribution in [0.2, 0.25) is 5.02 Å². The zero-order valence-electron chi connectivity index (χ0n) is 21.4. The van der Waals surface area contributed by atoms with E-state index in [1.807, 2.05) is 48.5 Å². The van der Waals surface area contributed by atoms with Crippen molar-refractivity contribution in [3.63, 3.8) is 0 Å². The second kappa shape index (κ2) is 11.8. The molecule has 6 rings (SSSR count). The molecule has 13 heteroatoms. The van der Waals surface area contributed by atoms with Crippen LogP contribution in [-0.2, 0) is 25.4 Å². The first kappa shape index (κ1) is 27.6. The number of hydrogen-bond donors (Lipinski definition) is 3. The molecular formula is C28H24ClN4O7P. The number of carbonyl (C=O) groups is 1. The van der Waals surface area contributed by atoms with E-state index in [0.717, 1.165) is 22.3 Å². The zero-order valence-corrected chi connectivity index (χ0v) is 23.1. The molecule has 4 heterocycles. The molecule has 3 N–H and O–H groups in total. The average Bonchev–Trinajstić information content (AvgIpc) is 3.65. The molecule has 0 aliphatic carbocycles. The van der Waals surface area contributed by atoms with Crippen LogP contribution in [0.4, 0.5) is 0 Å². The number of aliphatic hydroxyl groups is 1. The molecule has 11 nitrogen and oxygen atoms in total. The molecule has 41 heavy (non-hydrogen) atoms. The summed E-state index contributed by atoms with van der Waals surface area (Å²) in [7, 11) is -0.367. The number of benzene rings is 2. The third-order valence-electron chi connectivity index (χ3n) is 6.98. The topological polar surface area (TPSA) is 147 Å². The summed E-state index contributed by atoms with van der Waals surface area (Å²) < 4.78 is 28.1. The van der Waals surface area contributed by atoms with Crippen molar-refractivity contribution in [3.05, 3.63) is 65.2 Å². The Balaban J connectivity index is 1.16. The quantitative estimate of drug-likeness (QED) is 0.202. The number of hydrogen-bond acceptors (Lipinski definition) is 9. The van der Waals surface area contributed by atoms with Crippen LogP contribution in [0, 0.1) is 5.75 Å². The Kier molecular flexibility index (Phi) is 7.92. The van der Waals surface area contributed by atoms with Crippen molar-refractivity contribution in [1.82, 2.24) is 19.9 Å². The molecule has 0 bridgehead atoms. The number of nitrogens with one attached hydrogen (secondary N) is 1. The van der Waals surface area contributed by atoms with Crippen molar-refractivity contribution >= 4 is 36.6 Å². The second-order valence-electron chi connectivity index (χ2n) is 9.77. The van der Waals surface area contributed by atoms with Crippen LogP contribution in [-0.4, -0.2) is 80.2 Å². The van der Waals surface area contributed by atoms with E-state index >= 15 is 0 Å². The van der Waals surface area contributed by atoms with E-state index in [-0.39, 0.29) is 39.7 Å². The van der Waals surface area contributed by atoms with Gasteiger partial charge in [0.1, 0.15) is 18.3 Å². The summed E-state index contributed by atoms with van der Waals surface area (Å²) in [6.45, 7) is 0.497. The Morgan fingerprint density at radius 3 is 2.46 bits per heavy atom. The fourth-order valence-electron chi connectivity index (χ4n) is 5.03. The number of aliphatic hydroxyl groups excluding tert-OH is 1. The molecule has 0 amide bonds. The Bertz CT molecular complexity index is 1690. The van der Waals surface area contributed by atoms with Gasteiger partial charge in [0, 0.05) is 0 Å². The van der Waals surface area contributed by atoms with Crippen LogP contribution in [0.1, 0.15) is 5.56 Å². The maximum absolute atomic E-state index is 11.0. The van der Waals surface area contributed by atoms with Crippen molar-refractivity contribution in [3.8, 4) is 34.1 Å². The third-order valence-corrected chi connectivity index (χ3v) is 7.63. The number of ether oxygens (including phenoxy) is 3. The van der Waals surface area contributed by atoms with E-state index in [4.69, 9.17) is 30.9 Å². The molecule has 210 valence electrons. The summed E-state index contributed by atoms with van der Waals surface area (Å²) in [5.41, 5.74) is 5.28. The third kappa shape index (κ3) is 5.93. The Morgan fingerprint density at radius 1 is 1.07 bits per heavy atom. The first-order chi connectivity index (χ1) is 19.9. The molecule has 2 aliphatic rings. The maximum atomic E-state index is 11.0. The predicted octanol–water partition coefficient (Wildman–Crippen LogP) is 3.95. The van der Waals surface area contributed by atoms with E-state index in [9.17, 15) is 14.5 Å². The summed E-state index contributed by atoms with van der Waals surface area (Å²) >= 11 is 6.59. The number of carboxylic acid groups (broad SMARTS) is 1. The Morgan fingerprint density at radius 2 is 1.76 bits per heavy atom. The monoisotopic (exact) mass is 594 g/mol. The predicted molar refractivity (Wildman–Crippen MR) is 149 cm³/mol. The van der Waals surface area contributed by atoms with E-state index in [1.54, 1.807) is 6.07 Å². The van der Waals surface area contributed by atoms with Crippen molar-refractivity contribution < 1.29 is 33.8 Å². The average molecular weight is 595 g/mol. The Labute approximate surface area is 240 Å². The van der Waals surface area contributed by atoms with Crippen molar-refractivity contribution in [2.75, 3.05) is 19.8 Å². The summed E-state index contributed by atoms with van der Waals surface area (Å²) in [5, 5.41) is 19.4. The SMILES string of the molecule is O=P#CN(CC(=O)O)Cc1ccc(-c2ccc(-c3nc4nc(O[C@@H]5CO[C@H]6[C@@H]5OC[C@H]6O)[nH]c4cc3Cl)cc2)cc1. The van der Waals surface area contributed by atoms with Gasteiger partial charge in [-0.05, 0) is 6.07 Å². The van der Waals surface area contributed by atoms with E-state index in [1.165, 1.54) is 4.90 Å². The van der Waals surface area contributed by atoms with E-state index in [0.29, 0.717) is 28.5 Å². The van der Waals surface area contributed by atoms with Crippen LogP contribution >= 0.6 is 19.5 Å². The first-order valence-corrected chi connectivity index (χ1v) is 14.0. The molecule has 4 atom stereocenters. The molecule has 2 aromatic heterocycles. The fourth-order valence-corrected chi connectivity index (χ4v) is 5.55. The van der Waals surface area contributed by atoms with Gasteiger partial charge in [-0.1, -0.05) is 11.6 Å². The van der Waals surface area contributed by atoms with E-state index in [2.05, 4.69) is 20.7 Å². The van der Waals surface area contributed by atoms with Gasteiger partial charge in [0.2, 0.25) is 0 Å². The minimum atomic E-state index is -1.02. The molecule has 2 aliphatic heterocycles. The van der Waals surface area contributed by atoms with Crippen molar-refractivity contribution in [1.29, 1.82) is 0 Å². The second-order valence-corrected chi connectivity index (χ2v) is 10.6. The van der Waals surface area contributed by atoms with Crippen molar-refractivity contribution in [2.24, 2.45) is 0 Å². The Hall–Kier alpha value is -3.53. The minimum absolute atomic E-state index is 0.217. The number of aromatic nitrogens is 3. The van der Waals surface area contributed by atoms with Crippen LogP contribution in [0.3, 0.4) is 0 Å². The summed E-state index contributed by atoms with van der Waals surface area (Å²) in [5.74, 6) is 1.47. The summed E-state index contributed by atoms with van der Waals surface area (Å²) in [6, 6.07) is 17.5. The number of pyridine rings is 1. The molecule has 4 aromatic rings. The molecule has 2 saturated heterocycles. The van der Waals surface area contributed by atoms with Gasteiger partial charge < -0.3 is 24.3 Å². The standard InChI is InChI=1S/C28H24ClN4O7P/c29-19-9-20-27(32-28(30-20)40-22-13-39-25-21(34)12-38-26(22)25)31-24(19)18-7-5-17(6-8-18)16-3-1-15(2-4-16)10-33(14-41-37)11-23(35)36/h1-9,21-22,25-26,34H,10-13H2,(H,35,36)(H,30,31,32)/t21-,22-,25-,26-/m1/s1. The van der Waals surface area contributed by atoms with Gasteiger partial charge in [0.25, 0.3) is 6.01 Å². The van der Waals surface area contributed by atoms with Gasteiger partial charge in [-0.3, -0.25) is 0 Å². The summed E-state index contributed by atoms with van der Waals surface area (Å²) in [6.07, 6.45) is -1.81. The van der Waals surface area contributed by atoms with Gasteiger partial charge in [-0.25, -0.2) is 4.98 Å². The molecular weight excluding hydrogens is 571 g/mol. The fraction of sp³-hybridized carbons (Fsp3) is 0.286. The number of halogens is 1. The van der Waals surface area contributed by atoms with E-state index < -0.39 is 24.3 Å². The van der Waals surface area contributed by atoms with Gasteiger partial charge in [0.05, 0.1) is 23.8 Å². The number of aromatic amines is 1. The van der Waals surface area contributed by atoms with Gasteiger partial charge in [-0.15, -0.1) is 0 Å². The van der Waals surface area contributed by atoms with Crippen LogP contribution < -0.4 is 4.74 Å². The van der Waals surface area contributed by atoms with Gasteiger partial charge >= 0.3 is 129 Å². The number of fused-ring (bicyclic) bond motifs is 2. The summed E-state index contributed by atoms with van der Waals surface area (Å²) in [4.78, 5) is 24.6. The molecule has 0 saturated carbocycles. The molecule has 0 radical (unpaired) electrons. The number of H-pyrrole nitrogens is 1. The number of carboxylic acids is 1. The van der Waals surface area contributed by atoms with Crippen LogP contribution in [0.5, 0.6) is 6.01 Å². The van der Waals surface area contributed by atoms with Crippen molar-refractivity contribution in [2.45, 2.75) is 31.0 Å². The molecule has 0 spiro atoms. The molecule has 2 aromatic carbocycles. The first-order valence-electron chi connectivity index (χ1n) is 12.8. The number of aliphatic carboxylic acids is 1. The number of imidazole rings is 1. The molecule has 0 unspecified atom stereocenters. The number of rotatable bonds is 8. The zero-order chi connectivity index (χ0) is 28.5. The van der Waals surface area contributed by atoms with Crippen LogP contribution in [0.15, 0.2) is 54.6 Å². The van der Waals surface area contributed by atoms with Crippen LogP contribution in [0.25, 0.3) is 33.5 Å². The molecule has 2 fully saturated rings. The normalized spacial score (nSPS) is 21.6. The number of nitrogens with zero attached hydrogens (tertiary/aromatic N) is 3.